The van der Waals surface area contributed by atoms with Crippen molar-refractivity contribution in [1.29, 1.82) is 0 Å². The van der Waals surface area contributed by atoms with Gasteiger partial charge in [0.05, 0.1) is 6.54 Å². The van der Waals surface area contributed by atoms with Gasteiger partial charge in [-0.1, -0.05) is 24.6 Å². The Labute approximate surface area is 148 Å². The first-order valence-electron chi connectivity index (χ1n) is 9.24. The van der Waals surface area contributed by atoms with Gasteiger partial charge >= 0.3 is 0 Å². The summed E-state index contributed by atoms with van der Waals surface area (Å²) in [5, 5.41) is 2.74. The largest absolute Gasteiger partial charge is 0.343 e. The topological polar surface area (TPSA) is 66.5 Å². The highest BCUT2D eigenvalue weighted by molar-refractivity contribution is 5.97. The number of nitrogens with one attached hydrogen (secondary N) is 1. The lowest BCUT2D eigenvalue weighted by Gasteiger charge is -2.33. The molecule has 1 aliphatic heterocycles. The van der Waals surface area contributed by atoms with Gasteiger partial charge in [-0.3, -0.25) is 14.4 Å². The Hall–Kier alpha value is -2.17. The maximum absolute atomic E-state index is 12.6. The van der Waals surface area contributed by atoms with Gasteiger partial charge in [-0.2, -0.15) is 0 Å². The molecule has 2 atom stereocenters. The Morgan fingerprint density at radius 3 is 2.72 bits per heavy atom. The fourth-order valence-electron chi connectivity index (χ4n) is 4.12. The molecule has 0 bridgehead atoms. The van der Waals surface area contributed by atoms with Crippen molar-refractivity contribution in [3.05, 3.63) is 35.4 Å². The van der Waals surface area contributed by atoms with E-state index >= 15 is 0 Å². The van der Waals surface area contributed by atoms with Gasteiger partial charge in [0.15, 0.2) is 0 Å². The number of aryl methyl sites for hydroxylation is 1. The number of amides is 2. The first-order chi connectivity index (χ1) is 12.1. The molecule has 1 saturated heterocycles. The zero-order valence-corrected chi connectivity index (χ0v) is 14.8. The number of carbonyl (C=O) groups excluding carboxylic acids is 3. The second kappa shape index (κ2) is 7.81. The number of hydrogen-bond acceptors (Lipinski definition) is 3. The second-order valence-electron chi connectivity index (χ2n) is 7.11. The number of carbonyl (C=O) groups is 3. The van der Waals surface area contributed by atoms with Crippen LogP contribution >= 0.6 is 0 Å². The first-order valence-corrected chi connectivity index (χ1v) is 9.24. The number of hydrogen-bond donors (Lipinski definition) is 1. The molecule has 3 rings (SSSR count). The van der Waals surface area contributed by atoms with E-state index < -0.39 is 0 Å². The van der Waals surface area contributed by atoms with E-state index in [1.807, 2.05) is 30.0 Å². The van der Waals surface area contributed by atoms with Gasteiger partial charge in [0.25, 0.3) is 5.91 Å². The summed E-state index contributed by atoms with van der Waals surface area (Å²) in [7, 11) is 0. The lowest BCUT2D eigenvalue weighted by molar-refractivity contribution is -0.135. The van der Waals surface area contributed by atoms with Gasteiger partial charge in [-0.15, -0.1) is 0 Å². The van der Waals surface area contributed by atoms with Crippen LogP contribution < -0.4 is 5.32 Å². The lowest BCUT2D eigenvalue weighted by Crippen LogP contribution is -2.47. The highest BCUT2D eigenvalue weighted by atomic mass is 16.2. The third-order valence-electron chi connectivity index (χ3n) is 5.48. The van der Waals surface area contributed by atoms with E-state index in [-0.39, 0.29) is 30.3 Å². The minimum atomic E-state index is -0.226. The Morgan fingerprint density at radius 1 is 1.16 bits per heavy atom. The maximum atomic E-state index is 12.6. The molecular weight excluding hydrogens is 316 g/mol. The highest BCUT2D eigenvalue weighted by Crippen LogP contribution is 2.32. The molecule has 1 saturated carbocycles. The summed E-state index contributed by atoms with van der Waals surface area (Å²) in [5.41, 5.74) is 1.48. The van der Waals surface area contributed by atoms with Crippen molar-refractivity contribution in [2.24, 2.45) is 5.92 Å². The second-order valence-corrected chi connectivity index (χ2v) is 7.11. The van der Waals surface area contributed by atoms with Crippen molar-refractivity contribution in [1.82, 2.24) is 10.2 Å². The molecule has 5 nitrogen and oxygen atoms in total. The Morgan fingerprint density at radius 2 is 1.96 bits per heavy atom. The molecule has 0 spiro atoms. The average Bonchev–Trinajstić information content (AvgIpc) is 3.10. The van der Waals surface area contributed by atoms with Crippen molar-refractivity contribution >= 4 is 17.6 Å². The molecule has 5 heteroatoms. The van der Waals surface area contributed by atoms with Gasteiger partial charge in [-0.25, -0.2) is 0 Å². The monoisotopic (exact) mass is 342 g/mol. The molecule has 134 valence electrons. The van der Waals surface area contributed by atoms with Crippen LogP contribution in [0.25, 0.3) is 0 Å². The van der Waals surface area contributed by atoms with Crippen molar-refractivity contribution in [3.8, 4) is 0 Å². The Bertz CT molecular complexity index is 671. The summed E-state index contributed by atoms with van der Waals surface area (Å²) in [6, 6.07) is 7.36. The van der Waals surface area contributed by atoms with Gasteiger partial charge in [0.1, 0.15) is 5.78 Å². The molecule has 1 aliphatic carbocycles. The standard InChI is InChI=1S/C20H26N2O3/c1-14-7-2-3-8-15(14)20(25)21-13-19(24)22-12-6-10-17(22)16-9-4-5-11-18(16)23/h2-3,7-8,16-17H,4-6,9-13H2,1H3,(H,21,25)/t16-,17+/m0/s1. The van der Waals surface area contributed by atoms with Crippen LogP contribution in [0.1, 0.15) is 54.4 Å². The number of nitrogens with zero attached hydrogens (tertiary/aromatic N) is 1. The third-order valence-corrected chi connectivity index (χ3v) is 5.48. The van der Waals surface area contributed by atoms with Crippen LogP contribution in [0.3, 0.4) is 0 Å². The van der Waals surface area contributed by atoms with Crippen LogP contribution in [0.5, 0.6) is 0 Å². The van der Waals surface area contributed by atoms with Crippen LogP contribution in [0.2, 0.25) is 0 Å². The summed E-state index contributed by atoms with van der Waals surface area (Å²) in [4.78, 5) is 39.0. The minimum Gasteiger partial charge on any atom is -0.343 e. The summed E-state index contributed by atoms with van der Waals surface area (Å²) in [6.45, 7) is 2.56. The van der Waals surface area contributed by atoms with Gasteiger partial charge in [0.2, 0.25) is 5.91 Å². The van der Waals surface area contributed by atoms with E-state index in [0.717, 1.165) is 37.7 Å². The van der Waals surface area contributed by atoms with Crippen molar-refractivity contribution in [3.63, 3.8) is 0 Å². The van der Waals surface area contributed by atoms with Crippen molar-refractivity contribution in [2.45, 2.75) is 51.5 Å². The van der Waals surface area contributed by atoms with Crippen molar-refractivity contribution < 1.29 is 14.4 Å². The summed E-state index contributed by atoms with van der Waals surface area (Å²) < 4.78 is 0. The molecule has 1 N–H and O–H groups in total. The van der Waals surface area contributed by atoms with E-state index in [1.54, 1.807) is 6.07 Å². The number of ketones is 1. The van der Waals surface area contributed by atoms with Gasteiger partial charge in [0, 0.05) is 30.5 Å². The smallest absolute Gasteiger partial charge is 0.251 e. The average molecular weight is 342 g/mol. The molecule has 1 aromatic carbocycles. The van der Waals surface area contributed by atoms with E-state index in [1.165, 1.54) is 0 Å². The first kappa shape index (κ1) is 17.6. The molecule has 1 heterocycles. The normalized spacial score (nSPS) is 23.6. The fourth-order valence-corrected chi connectivity index (χ4v) is 4.12. The molecule has 25 heavy (non-hydrogen) atoms. The fraction of sp³-hybridized carbons (Fsp3) is 0.550. The van der Waals surface area contributed by atoms with Crippen LogP contribution in [-0.2, 0) is 9.59 Å². The van der Waals surface area contributed by atoms with Crippen molar-refractivity contribution in [2.75, 3.05) is 13.1 Å². The maximum Gasteiger partial charge on any atom is 0.251 e. The number of rotatable bonds is 4. The van der Waals surface area contributed by atoms with Crippen LogP contribution in [-0.4, -0.2) is 41.6 Å². The third kappa shape index (κ3) is 3.91. The predicted molar refractivity (Wildman–Crippen MR) is 95.2 cm³/mol. The quantitative estimate of drug-likeness (QED) is 0.914. The van der Waals surface area contributed by atoms with Crippen LogP contribution in [0.4, 0.5) is 0 Å². The van der Waals surface area contributed by atoms with Crippen LogP contribution in [0.15, 0.2) is 24.3 Å². The molecule has 2 aliphatic rings. The zero-order valence-electron chi connectivity index (χ0n) is 14.8. The van der Waals surface area contributed by atoms with Crippen LogP contribution in [0, 0.1) is 12.8 Å². The Kier molecular flexibility index (Phi) is 5.51. The number of likely N-dealkylation sites (tertiary alicyclic amines) is 1. The SMILES string of the molecule is Cc1ccccc1C(=O)NCC(=O)N1CCC[C@@H]1[C@@H]1CCCCC1=O. The number of Topliss-reactive ketones (excluding diaryl/α,β-unsaturated/α-hetero) is 1. The summed E-state index contributed by atoms with van der Waals surface area (Å²) in [6.07, 6.45) is 5.41. The molecule has 0 radical (unpaired) electrons. The van der Waals surface area contributed by atoms with E-state index in [2.05, 4.69) is 5.32 Å². The molecule has 0 aromatic heterocycles. The highest BCUT2D eigenvalue weighted by Gasteiger charge is 2.38. The number of benzene rings is 1. The predicted octanol–water partition coefficient (Wildman–Crippen LogP) is 2.48. The van der Waals surface area contributed by atoms with Gasteiger partial charge in [-0.05, 0) is 44.2 Å². The van der Waals surface area contributed by atoms with E-state index in [4.69, 9.17) is 0 Å². The van der Waals surface area contributed by atoms with E-state index in [0.29, 0.717) is 24.3 Å². The minimum absolute atomic E-state index is 0.00716. The lowest BCUT2D eigenvalue weighted by atomic mass is 9.82. The molecule has 2 fully saturated rings. The molecule has 1 aromatic rings. The van der Waals surface area contributed by atoms with E-state index in [9.17, 15) is 14.4 Å². The summed E-state index contributed by atoms with van der Waals surface area (Å²) >= 11 is 0. The molecule has 2 amide bonds. The summed E-state index contributed by atoms with van der Waals surface area (Å²) in [5.74, 6) is -0.00841. The molecular formula is C20H26N2O3. The zero-order chi connectivity index (χ0) is 17.8. The Balaban J connectivity index is 1.59. The molecule has 0 unspecified atom stereocenters. The van der Waals surface area contributed by atoms with Gasteiger partial charge < -0.3 is 10.2 Å².